The summed E-state index contributed by atoms with van der Waals surface area (Å²) in [6.07, 6.45) is 1.27. The molecule has 0 heterocycles. The highest BCUT2D eigenvalue weighted by Gasteiger charge is 2.04. The number of carbonyl (C=O) groups is 1. The molecule has 3 nitrogen and oxygen atoms in total. The van der Waals surface area contributed by atoms with Crippen molar-refractivity contribution in [3.8, 4) is 5.75 Å². The Balaban J connectivity index is 1.68. The molecule has 0 bridgehead atoms. The van der Waals surface area contributed by atoms with Gasteiger partial charge < -0.3 is 9.47 Å². The number of hydrogen-bond acceptors (Lipinski definition) is 3. The molecule has 3 heteroatoms. The monoisotopic (exact) mass is 284 g/mol. The number of rotatable bonds is 7. The third-order valence-corrected chi connectivity index (χ3v) is 3.11. The van der Waals surface area contributed by atoms with Gasteiger partial charge in [-0.25, -0.2) is 0 Å². The Morgan fingerprint density at radius 3 is 2.48 bits per heavy atom. The van der Waals surface area contributed by atoms with Crippen LogP contribution in [0, 0.1) is 0 Å². The Kier molecular flexibility index (Phi) is 5.83. The van der Waals surface area contributed by atoms with Crippen LogP contribution in [0.3, 0.4) is 0 Å². The highest BCUT2D eigenvalue weighted by molar-refractivity contribution is 5.72. The van der Waals surface area contributed by atoms with E-state index in [1.807, 2.05) is 48.5 Å². The third kappa shape index (κ3) is 5.30. The van der Waals surface area contributed by atoms with Gasteiger partial charge in [-0.2, -0.15) is 0 Å². The molecule has 0 atom stereocenters. The summed E-state index contributed by atoms with van der Waals surface area (Å²) < 4.78 is 10.7. The van der Waals surface area contributed by atoms with E-state index in [-0.39, 0.29) is 12.6 Å². The summed E-state index contributed by atoms with van der Waals surface area (Å²) in [6.45, 7) is 2.74. The second kappa shape index (κ2) is 8.10. The quantitative estimate of drug-likeness (QED) is 0.577. The first-order valence-electron chi connectivity index (χ1n) is 7.19. The molecule has 0 fully saturated rings. The van der Waals surface area contributed by atoms with Crippen LogP contribution in [-0.2, 0) is 22.4 Å². The lowest BCUT2D eigenvalue weighted by Crippen LogP contribution is -2.14. The van der Waals surface area contributed by atoms with E-state index < -0.39 is 0 Å². The standard InChI is InChI=1S/C18H20O3/c1-2-15-9-6-10-17(13-15)20-11-12-21-18(19)14-16-7-4-3-5-8-16/h3-10,13H,2,11-12,14H2,1H3. The van der Waals surface area contributed by atoms with E-state index in [9.17, 15) is 4.79 Å². The first-order valence-corrected chi connectivity index (χ1v) is 7.19. The number of carbonyl (C=O) groups excluding carboxylic acids is 1. The highest BCUT2D eigenvalue weighted by atomic mass is 16.6. The van der Waals surface area contributed by atoms with Gasteiger partial charge in [0.25, 0.3) is 0 Å². The fraction of sp³-hybridized carbons (Fsp3) is 0.278. The molecule has 2 aromatic rings. The molecule has 110 valence electrons. The summed E-state index contributed by atoms with van der Waals surface area (Å²) in [5.74, 6) is 0.584. The van der Waals surface area contributed by atoms with Gasteiger partial charge in [-0.3, -0.25) is 4.79 Å². The third-order valence-electron chi connectivity index (χ3n) is 3.11. The molecule has 0 aliphatic rings. The molecular weight excluding hydrogens is 264 g/mol. The van der Waals surface area contributed by atoms with Crippen molar-refractivity contribution in [2.45, 2.75) is 19.8 Å². The van der Waals surface area contributed by atoms with Crippen molar-refractivity contribution in [3.05, 3.63) is 65.7 Å². The van der Waals surface area contributed by atoms with E-state index >= 15 is 0 Å². The van der Waals surface area contributed by atoms with Gasteiger partial charge in [-0.05, 0) is 29.7 Å². The molecule has 0 aliphatic carbocycles. The molecule has 0 amide bonds. The van der Waals surface area contributed by atoms with Crippen molar-refractivity contribution in [1.29, 1.82) is 0 Å². The predicted molar refractivity (Wildman–Crippen MR) is 82.4 cm³/mol. The maximum Gasteiger partial charge on any atom is 0.310 e. The summed E-state index contributed by atoms with van der Waals surface area (Å²) >= 11 is 0. The zero-order chi connectivity index (χ0) is 14.9. The molecule has 21 heavy (non-hydrogen) atoms. The highest BCUT2D eigenvalue weighted by Crippen LogP contribution is 2.13. The molecule has 0 N–H and O–H groups in total. The zero-order valence-corrected chi connectivity index (χ0v) is 12.2. The van der Waals surface area contributed by atoms with Crippen LogP contribution in [0.2, 0.25) is 0 Å². The number of benzene rings is 2. The molecule has 2 aromatic carbocycles. The van der Waals surface area contributed by atoms with Gasteiger partial charge in [-0.15, -0.1) is 0 Å². The molecular formula is C18H20O3. The van der Waals surface area contributed by atoms with Crippen LogP contribution in [0.1, 0.15) is 18.1 Å². The van der Waals surface area contributed by atoms with Crippen LogP contribution in [0.25, 0.3) is 0 Å². The smallest absolute Gasteiger partial charge is 0.310 e. The largest absolute Gasteiger partial charge is 0.490 e. The van der Waals surface area contributed by atoms with Crippen molar-refractivity contribution < 1.29 is 14.3 Å². The van der Waals surface area contributed by atoms with Crippen LogP contribution in [-0.4, -0.2) is 19.2 Å². The van der Waals surface area contributed by atoms with Gasteiger partial charge in [0, 0.05) is 0 Å². The molecule has 2 rings (SSSR count). The zero-order valence-electron chi connectivity index (χ0n) is 12.2. The average molecular weight is 284 g/mol. The van der Waals surface area contributed by atoms with Crippen LogP contribution in [0.4, 0.5) is 0 Å². The first kappa shape index (κ1) is 15.1. The molecule has 0 aliphatic heterocycles. The molecule has 0 aromatic heterocycles. The van der Waals surface area contributed by atoms with Crippen LogP contribution in [0.15, 0.2) is 54.6 Å². The van der Waals surface area contributed by atoms with Gasteiger partial charge in [0.2, 0.25) is 0 Å². The maximum absolute atomic E-state index is 11.6. The second-order valence-corrected chi connectivity index (χ2v) is 4.73. The predicted octanol–water partition coefficient (Wildman–Crippen LogP) is 3.41. The van der Waals surface area contributed by atoms with Crippen molar-refractivity contribution in [2.75, 3.05) is 13.2 Å². The molecule has 0 radical (unpaired) electrons. The topological polar surface area (TPSA) is 35.5 Å². The Hall–Kier alpha value is -2.29. The fourth-order valence-corrected chi connectivity index (χ4v) is 1.98. The average Bonchev–Trinajstić information content (AvgIpc) is 2.53. The van der Waals surface area contributed by atoms with Gasteiger partial charge in [-0.1, -0.05) is 49.4 Å². The number of hydrogen-bond donors (Lipinski definition) is 0. The summed E-state index contributed by atoms with van der Waals surface area (Å²) in [6, 6.07) is 17.5. The maximum atomic E-state index is 11.6. The first-order chi connectivity index (χ1) is 10.3. The Morgan fingerprint density at radius 1 is 0.952 bits per heavy atom. The SMILES string of the molecule is CCc1cccc(OCCOC(=O)Cc2ccccc2)c1. The second-order valence-electron chi connectivity index (χ2n) is 4.73. The van der Waals surface area contributed by atoms with Gasteiger partial charge in [0.1, 0.15) is 19.0 Å². The molecule has 0 spiro atoms. The van der Waals surface area contributed by atoms with E-state index in [1.54, 1.807) is 0 Å². The minimum absolute atomic E-state index is 0.230. The van der Waals surface area contributed by atoms with E-state index in [0.29, 0.717) is 13.0 Å². The molecule has 0 saturated heterocycles. The number of esters is 1. The Labute approximate surface area is 125 Å². The fourth-order valence-electron chi connectivity index (χ4n) is 1.98. The minimum Gasteiger partial charge on any atom is -0.490 e. The van der Waals surface area contributed by atoms with Crippen molar-refractivity contribution >= 4 is 5.97 Å². The summed E-state index contributed by atoms with van der Waals surface area (Å²) in [4.78, 5) is 11.6. The number of ether oxygens (including phenoxy) is 2. The van der Waals surface area contributed by atoms with E-state index in [2.05, 4.69) is 13.0 Å². The van der Waals surface area contributed by atoms with Gasteiger partial charge in [0.05, 0.1) is 6.42 Å². The number of aryl methyl sites for hydroxylation is 1. The van der Waals surface area contributed by atoms with E-state index in [0.717, 1.165) is 17.7 Å². The summed E-state index contributed by atoms with van der Waals surface area (Å²) in [7, 11) is 0. The summed E-state index contributed by atoms with van der Waals surface area (Å²) in [5, 5.41) is 0. The minimum atomic E-state index is -0.230. The summed E-state index contributed by atoms with van der Waals surface area (Å²) in [5.41, 5.74) is 2.19. The van der Waals surface area contributed by atoms with Crippen molar-refractivity contribution in [3.63, 3.8) is 0 Å². The Bertz CT molecular complexity index is 564. The lowest BCUT2D eigenvalue weighted by molar-refractivity contribution is -0.143. The van der Waals surface area contributed by atoms with E-state index in [4.69, 9.17) is 9.47 Å². The van der Waals surface area contributed by atoms with Crippen LogP contribution >= 0.6 is 0 Å². The molecule has 0 unspecified atom stereocenters. The molecule has 0 saturated carbocycles. The van der Waals surface area contributed by atoms with Crippen LogP contribution in [0.5, 0.6) is 5.75 Å². The van der Waals surface area contributed by atoms with Gasteiger partial charge in [0.15, 0.2) is 0 Å². The van der Waals surface area contributed by atoms with Crippen molar-refractivity contribution in [2.24, 2.45) is 0 Å². The van der Waals surface area contributed by atoms with Crippen molar-refractivity contribution in [1.82, 2.24) is 0 Å². The normalized spacial score (nSPS) is 10.1. The Morgan fingerprint density at radius 2 is 1.71 bits per heavy atom. The lowest BCUT2D eigenvalue weighted by atomic mass is 10.2. The van der Waals surface area contributed by atoms with Crippen LogP contribution < -0.4 is 4.74 Å². The van der Waals surface area contributed by atoms with E-state index in [1.165, 1.54) is 5.56 Å². The van der Waals surface area contributed by atoms with Gasteiger partial charge >= 0.3 is 5.97 Å². The lowest BCUT2D eigenvalue weighted by Gasteiger charge is -2.08.